The number of ether oxygens (including phenoxy) is 2. The van der Waals surface area contributed by atoms with E-state index in [2.05, 4.69) is 5.18 Å². The van der Waals surface area contributed by atoms with Crippen LogP contribution in [0.1, 0.15) is 34.5 Å². The lowest BCUT2D eigenvalue weighted by molar-refractivity contribution is 0.0526. The molecule has 4 aromatic rings. The molecule has 0 fully saturated rings. The second-order valence-corrected chi connectivity index (χ2v) is 7.68. The van der Waals surface area contributed by atoms with Gasteiger partial charge in [-0.25, -0.2) is 4.79 Å². The van der Waals surface area contributed by atoms with Crippen LogP contribution < -0.4 is 4.74 Å². The van der Waals surface area contributed by atoms with Crippen molar-refractivity contribution in [3.8, 4) is 34.3 Å². The van der Waals surface area contributed by atoms with Gasteiger partial charge in [0, 0.05) is 5.69 Å². The van der Waals surface area contributed by atoms with E-state index >= 15 is 0 Å². The predicted molar refractivity (Wildman–Crippen MR) is 131 cm³/mol. The highest BCUT2D eigenvalue weighted by Crippen LogP contribution is 2.48. The Labute approximate surface area is 202 Å². The molecule has 0 bridgehead atoms. The molecule has 0 saturated heterocycles. The van der Waals surface area contributed by atoms with Crippen molar-refractivity contribution in [2.75, 3.05) is 13.7 Å². The number of hydrogen-bond acceptors (Lipinski definition) is 7. The number of rotatable bonds is 8. The topological polar surface area (TPSA) is 110 Å². The van der Waals surface area contributed by atoms with Crippen LogP contribution in [0.4, 0.5) is 0 Å². The number of carbonyl (C=O) groups is 1. The van der Waals surface area contributed by atoms with Gasteiger partial charge in [-0.15, -0.1) is 4.91 Å². The van der Waals surface area contributed by atoms with Crippen molar-refractivity contribution in [3.05, 3.63) is 100 Å². The molecule has 1 atom stereocenters. The Hall–Kier alpha value is -4.59. The lowest BCUT2D eigenvalue weighted by Crippen LogP contribution is -2.05. The zero-order valence-electron chi connectivity index (χ0n) is 19.2. The molecule has 1 aromatic heterocycles. The molecule has 0 spiro atoms. The number of aromatic hydroxyl groups is 2. The molecule has 178 valence electrons. The quantitative estimate of drug-likeness (QED) is 0.255. The van der Waals surface area contributed by atoms with Gasteiger partial charge >= 0.3 is 5.97 Å². The van der Waals surface area contributed by atoms with Gasteiger partial charge in [0.25, 0.3) is 0 Å². The van der Waals surface area contributed by atoms with E-state index in [0.29, 0.717) is 33.8 Å². The number of aromatic nitrogens is 1. The first-order chi connectivity index (χ1) is 17.0. The van der Waals surface area contributed by atoms with E-state index in [9.17, 15) is 19.9 Å². The van der Waals surface area contributed by atoms with Crippen molar-refractivity contribution < 1.29 is 24.5 Å². The average molecular weight is 472 g/mol. The van der Waals surface area contributed by atoms with Crippen molar-refractivity contribution in [2.45, 2.75) is 13.0 Å². The Morgan fingerprint density at radius 1 is 0.971 bits per heavy atom. The maximum absolute atomic E-state index is 12.1. The van der Waals surface area contributed by atoms with Crippen LogP contribution in [-0.4, -0.2) is 34.5 Å². The van der Waals surface area contributed by atoms with Crippen LogP contribution in [0.25, 0.3) is 16.9 Å². The average Bonchev–Trinajstić information content (AvgIpc) is 3.16. The molecule has 0 aliphatic rings. The van der Waals surface area contributed by atoms with E-state index < -0.39 is 23.6 Å². The second-order valence-electron chi connectivity index (χ2n) is 7.68. The van der Waals surface area contributed by atoms with Gasteiger partial charge in [-0.2, -0.15) is 0 Å². The molecular weight excluding hydrogens is 448 g/mol. The molecule has 8 heteroatoms. The number of nitroso groups, excluding NO2 is 1. The third kappa shape index (κ3) is 4.46. The summed E-state index contributed by atoms with van der Waals surface area (Å²) in [4.78, 5) is 24.2. The molecular formula is C27H24N2O6. The highest BCUT2D eigenvalue weighted by molar-refractivity contribution is 5.89. The van der Waals surface area contributed by atoms with E-state index in [0.717, 1.165) is 0 Å². The van der Waals surface area contributed by atoms with Crippen LogP contribution in [0.3, 0.4) is 0 Å². The standard InChI is InChI=1S/C27H24N2O6/c1-3-35-27(32)19-9-13-20(14-10-19)29-24(18-7-5-4-6-8-18)22(25(30)26(29)31)23(28-33)17-11-15-21(34-2)16-12-17/h4-16,23,30-31H,3H2,1-2H3. The normalized spacial score (nSPS) is 11.6. The summed E-state index contributed by atoms with van der Waals surface area (Å²) in [7, 11) is 1.54. The lowest BCUT2D eigenvalue weighted by atomic mass is 9.96. The molecule has 35 heavy (non-hydrogen) atoms. The number of methoxy groups -OCH3 is 1. The summed E-state index contributed by atoms with van der Waals surface area (Å²) in [6.45, 7) is 1.97. The van der Waals surface area contributed by atoms with Crippen LogP contribution in [0.5, 0.6) is 17.4 Å². The summed E-state index contributed by atoms with van der Waals surface area (Å²) in [5, 5.41) is 25.3. The zero-order chi connectivity index (χ0) is 24.9. The fraction of sp³-hybridized carbons (Fsp3) is 0.148. The number of benzene rings is 3. The van der Waals surface area contributed by atoms with Crippen molar-refractivity contribution >= 4 is 5.97 Å². The number of esters is 1. The van der Waals surface area contributed by atoms with E-state index in [4.69, 9.17) is 9.47 Å². The predicted octanol–water partition coefficient (Wildman–Crippen LogP) is 5.60. The SMILES string of the molecule is CCOC(=O)c1ccc(-n2c(O)c(O)c(C(N=O)c3ccc(OC)cc3)c2-c2ccccc2)cc1. The smallest absolute Gasteiger partial charge is 0.338 e. The zero-order valence-corrected chi connectivity index (χ0v) is 19.2. The van der Waals surface area contributed by atoms with E-state index in [-0.39, 0.29) is 12.2 Å². The number of carbonyl (C=O) groups excluding carboxylic acids is 1. The Kier molecular flexibility index (Phi) is 6.82. The van der Waals surface area contributed by atoms with Crippen LogP contribution in [0, 0.1) is 4.91 Å². The third-order valence-corrected chi connectivity index (χ3v) is 5.65. The van der Waals surface area contributed by atoms with Crippen molar-refractivity contribution in [3.63, 3.8) is 0 Å². The first kappa shape index (κ1) is 23.6. The van der Waals surface area contributed by atoms with Gasteiger partial charge < -0.3 is 19.7 Å². The van der Waals surface area contributed by atoms with Crippen molar-refractivity contribution in [1.82, 2.24) is 4.57 Å². The second kappa shape index (κ2) is 10.1. The van der Waals surface area contributed by atoms with Crippen molar-refractivity contribution in [2.24, 2.45) is 5.18 Å². The van der Waals surface area contributed by atoms with Crippen LogP contribution in [-0.2, 0) is 4.74 Å². The molecule has 1 heterocycles. The summed E-state index contributed by atoms with van der Waals surface area (Å²) in [5.74, 6) is -0.774. The molecule has 0 radical (unpaired) electrons. The fourth-order valence-corrected chi connectivity index (χ4v) is 3.98. The maximum Gasteiger partial charge on any atom is 0.338 e. The maximum atomic E-state index is 12.1. The van der Waals surface area contributed by atoms with Gasteiger partial charge in [0.05, 0.1) is 30.5 Å². The monoisotopic (exact) mass is 472 g/mol. The largest absolute Gasteiger partial charge is 0.503 e. The molecule has 0 aliphatic heterocycles. The minimum atomic E-state index is -1.11. The lowest BCUT2D eigenvalue weighted by Gasteiger charge is -2.15. The number of nitrogens with zero attached hydrogens (tertiary/aromatic N) is 2. The van der Waals surface area contributed by atoms with E-state index in [1.54, 1.807) is 67.6 Å². The van der Waals surface area contributed by atoms with Gasteiger partial charge in [-0.05, 0) is 54.4 Å². The summed E-state index contributed by atoms with van der Waals surface area (Å²) >= 11 is 0. The molecule has 2 N–H and O–H groups in total. The molecule has 1 unspecified atom stereocenters. The Morgan fingerprint density at radius 3 is 2.20 bits per heavy atom. The molecule has 0 amide bonds. The summed E-state index contributed by atoms with van der Waals surface area (Å²) < 4.78 is 11.7. The number of hydrogen-bond donors (Lipinski definition) is 2. The summed E-state index contributed by atoms with van der Waals surface area (Å²) in [6, 6.07) is 21.1. The van der Waals surface area contributed by atoms with E-state index in [1.807, 2.05) is 18.2 Å². The Balaban J connectivity index is 1.92. The van der Waals surface area contributed by atoms with Crippen molar-refractivity contribution in [1.29, 1.82) is 0 Å². The van der Waals surface area contributed by atoms with Gasteiger partial charge in [-0.3, -0.25) is 4.57 Å². The van der Waals surface area contributed by atoms with Gasteiger partial charge in [-0.1, -0.05) is 47.6 Å². The summed E-state index contributed by atoms with van der Waals surface area (Å²) in [6.07, 6.45) is 0. The van der Waals surface area contributed by atoms with Crippen LogP contribution in [0.2, 0.25) is 0 Å². The molecule has 4 rings (SSSR count). The molecule has 8 nitrogen and oxygen atoms in total. The first-order valence-electron chi connectivity index (χ1n) is 11.0. The minimum Gasteiger partial charge on any atom is -0.503 e. The van der Waals surface area contributed by atoms with Gasteiger partial charge in [0.1, 0.15) is 11.8 Å². The molecule has 0 saturated carbocycles. The Morgan fingerprint density at radius 2 is 1.63 bits per heavy atom. The third-order valence-electron chi connectivity index (χ3n) is 5.65. The van der Waals surface area contributed by atoms with Gasteiger partial charge in [0.15, 0.2) is 5.75 Å². The van der Waals surface area contributed by atoms with E-state index in [1.165, 1.54) is 11.7 Å². The highest BCUT2D eigenvalue weighted by Gasteiger charge is 2.32. The molecule has 3 aromatic carbocycles. The fourth-order valence-electron chi connectivity index (χ4n) is 3.98. The highest BCUT2D eigenvalue weighted by atomic mass is 16.5. The van der Waals surface area contributed by atoms with Crippen LogP contribution in [0.15, 0.2) is 84.0 Å². The molecule has 0 aliphatic carbocycles. The first-order valence-corrected chi connectivity index (χ1v) is 11.0. The van der Waals surface area contributed by atoms with Gasteiger partial charge in [0.2, 0.25) is 5.88 Å². The van der Waals surface area contributed by atoms with Crippen LogP contribution >= 0.6 is 0 Å². The Bertz CT molecular complexity index is 1330. The summed E-state index contributed by atoms with van der Waals surface area (Å²) in [5.41, 5.74) is 2.53. The minimum absolute atomic E-state index is 0.156.